The number of hydrogen-bond acceptors (Lipinski definition) is 6. The Balaban J connectivity index is 1.40. The predicted molar refractivity (Wildman–Crippen MR) is 115 cm³/mol. The number of anilines is 1. The van der Waals surface area contributed by atoms with Crippen LogP contribution in [-0.4, -0.2) is 53.5 Å². The van der Waals surface area contributed by atoms with E-state index >= 15 is 0 Å². The van der Waals surface area contributed by atoms with E-state index in [9.17, 15) is 9.18 Å². The van der Waals surface area contributed by atoms with E-state index in [1.807, 2.05) is 17.0 Å². The van der Waals surface area contributed by atoms with Crippen LogP contribution in [0.3, 0.4) is 0 Å². The lowest BCUT2D eigenvalue weighted by molar-refractivity contribution is 0.0763. The summed E-state index contributed by atoms with van der Waals surface area (Å²) in [5, 5.41) is 0.860. The Hall–Kier alpha value is -3.00. The van der Waals surface area contributed by atoms with E-state index in [2.05, 4.69) is 14.3 Å². The van der Waals surface area contributed by atoms with E-state index in [1.54, 1.807) is 31.4 Å². The smallest absolute Gasteiger partial charge is 0.257 e. The van der Waals surface area contributed by atoms with Crippen molar-refractivity contribution in [3.63, 3.8) is 0 Å². The maximum absolute atomic E-state index is 13.1. The van der Waals surface area contributed by atoms with Gasteiger partial charge in [-0.1, -0.05) is 24.3 Å². The molecule has 30 heavy (non-hydrogen) atoms. The quantitative estimate of drug-likeness (QED) is 0.624. The molecule has 4 rings (SSSR count). The Morgan fingerprint density at radius 2 is 1.90 bits per heavy atom. The molecule has 0 aliphatic carbocycles. The maximum atomic E-state index is 13.1. The minimum atomic E-state index is -0.248. The monoisotopic (exact) mass is 426 g/mol. The third-order valence-corrected chi connectivity index (χ3v) is 5.94. The van der Waals surface area contributed by atoms with Crippen LogP contribution in [0.4, 0.5) is 9.52 Å². The molecule has 0 radical (unpaired) electrons. The van der Waals surface area contributed by atoms with Crippen molar-refractivity contribution in [1.29, 1.82) is 0 Å². The molecule has 1 fully saturated rings. The summed E-state index contributed by atoms with van der Waals surface area (Å²) in [6.07, 6.45) is 1.43. The van der Waals surface area contributed by atoms with E-state index in [0.717, 1.165) is 29.5 Å². The van der Waals surface area contributed by atoms with Gasteiger partial charge in [0.1, 0.15) is 17.4 Å². The molecule has 0 bridgehead atoms. The first-order chi connectivity index (χ1) is 14.6. The molecular formula is C22H23FN4O2S. The first kappa shape index (κ1) is 20.3. The number of para-hydroxylation sites is 1. The molecule has 1 aromatic heterocycles. The van der Waals surface area contributed by atoms with Crippen LogP contribution in [0.15, 0.2) is 48.5 Å². The lowest BCUT2D eigenvalue weighted by atomic mass is 10.1. The van der Waals surface area contributed by atoms with Crippen molar-refractivity contribution in [1.82, 2.24) is 14.3 Å². The van der Waals surface area contributed by atoms with Crippen LogP contribution in [0.25, 0.3) is 0 Å². The molecule has 1 aliphatic rings. The van der Waals surface area contributed by atoms with Crippen molar-refractivity contribution < 1.29 is 13.9 Å². The Morgan fingerprint density at radius 1 is 1.10 bits per heavy atom. The Bertz CT molecular complexity index is 1010. The Labute approximate surface area is 179 Å². The van der Waals surface area contributed by atoms with Crippen LogP contribution in [-0.2, 0) is 6.42 Å². The number of carbonyl (C=O) groups is 1. The zero-order chi connectivity index (χ0) is 20.9. The number of benzene rings is 2. The summed E-state index contributed by atoms with van der Waals surface area (Å²) < 4.78 is 22.9. The molecule has 0 spiro atoms. The number of hydrogen-bond donors (Lipinski definition) is 0. The van der Waals surface area contributed by atoms with Gasteiger partial charge in [0.15, 0.2) is 0 Å². The van der Waals surface area contributed by atoms with Gasteiger partial charge < -0.3 is 14.5 Å². The second kappa shape index (κ2) is 9.21. The molecule has 3 aromatic rings. The van der Waals surface area contributed by atoms with Crippen molar-refractivity contribution in [2.45, 2.75) is 12.8 Å². The molecule has 1 saturated heterocycles. The summed E-state index contributed by atoms with van der Waals surface area (Å²) in [7, 11) is 1.58. The molecule has 2 heterocycles. The third kappa shape index (κ3) is 4.59. The van der Waals surface area contributed by atoms with Gasteiger partial charge in [-0.15, -0.1) is 0 Å². The van der Waals surface area contributed by atoms with Gasteiger partial charge in [-0.25, -0.2) is 9.37 Å². The first-order valence-electron chi connectivity index (χ1n) is 9.88. The van der Waals surface area contributed by atoms with Crippen molar-refractivity contribution >= 4 is 22.6 Å². The molecule has 2 aromatic carbocycles. The maximum Gasteiger partial charge on any atom is 0.257 e. The molecule has 0 unspecified atom stereocenters. The fourth-order valence-electron chi connectivity index (χ4n) is 3.53. The van der Waals surface area contributed by atoms with Crippen molar-refractivity contribution in [2.75, 3.05) is 38.2 Å². The number of amides is 1. The first-order valence-corrected chi connectivity index (χ1v) is 10.7. The molecule has 156 valence electrons. The predicted octanol–water partition coefficient (Wildman–Crippen LogP) is 3.63. The van der Waals surface area contributed by atoms with Gasteiger partial charge in [-0.2, -0.15) is 4.37 Å². The molecule has 8 heteroatoms. The minimum Gasteiger partial charge on any atom is -0.496 e. The van der Waals surface area contributed by atoms with Gasteiger partial charge in [-0.3, -0.25) is 4.79 Å². The highest BCUT2D eigenvalue weighted by molar-refractivity contribution is 7.09. The largest absolute Gasteiger partial charge is 0.496 e. The summed E-state index contributed by atoms with van der Waals surface area (Å²) in [5.74, 6) is 1.07. The van der Waals surface area contributed by atoms with E-state index in [0.29, 0.717) is 37.4 Å². The standard InChI is InChI=1S/C22H23FN4O2S/c1-29-19-6-3-2-5-18(19)21(28)26-11-4-12-27(14-13-26)22-24-20(25-30-22)15-16-7-9-17(23)10-8-16/h2-3,5-10H,4,11-15H2,1H3. The van der Waals surface area contributed by atoms with Crippen LogP contribution >= 0.6 is 11.5 Å². The van der Waals surface area contributed by atoms with E-state index in [4.69, 9.17) is 4.74 Å². The van der Waals surface area contributed by atoms with Gasteiger partial charge in [0.05, 0.1) is 12.7 Å². The van der Waals surface area contributed by atoms with Crippen LogP contribution in [0.1, 0.15) is 28.2 Å². The highest BCUT2D eigenvalue weighted by Crippen LogP contribution is 2.23. The normalized spacial score (nSPS) is 14.5. The van der Waals surface area contributed by atoms with Gasteiger partial charge >= 0.3 is 0 Å². The third-order valence-electron chi connectivity index (χ3n) is 5.12. The fourth-order valence-corrected chi connectivity index (χ4v) is 4.27. The zero-order valence-corrected chi connectivity index (χ0v) is 17.6. The summed E-state index contributed by atoms with van der Waals surface area (Å²) in [5.41, 5.74) is 1.57. The number of nitrogens with zero attached hydrogens (tertiary/aromatic N) is 4. The van der Waals surface area contributed by atoms with Crippen LogP contribution in [0.5, 0.6) is 5.75 Å². The average Bonchev–Trinajstić information content (AvgIpc) is 3.09. The lowest BCUT2D eigenvalue weighted by Gasteiger charge is -2.22. The average molecular weight is 427 g/mol. The number of ether oxygens (including phenoxy) is 1. The van der Waals surface area contributed by atoms with Crippen LogP contribution in [0, 0.1) is 5.82 Å². The van der Waals surface area contributed by atoms with Gasteiger partial charge in [-0.05, 0) is 36.2 Å². The van der Waals surface area contributed by atoms with Gasteiger partial charge in [0, 0.05) is 44.1 Å². The summed E-state index contributed by atoms with van der Waals surface area (Å²) in [6.45, 7) is 2.82. The van der Waals surface area contributed by atoms with Crippen molar-refractivity contribution in [3.05, 3.63) is 71.3 Å². The molecular weight excluding hydrogens is 403 g/mol. The molecule has 1 aliphatic heterocycles. The second-order valence-electron chi connectivity index (χ2n) is 7.13. The number of halogens is 1. The van der Waals surface area contributed by atoms with Crippen molar-refractivity contribution in [3.8, 4) is 5.75 Å². The zero-order valence-electron chi connectivity index (χ0n) is 16.8. The molecule has 0 N–H and O–H groups in total. The molecule has 0 saturated carbocycles. The molecule has 6 nitrogen and oxygen atoms in total. The number of carbonyl (C=O) groups excluding carboxylic acids is 1. The minimum absolute atomic E-state index is 0.0106. The highest BCUT2D eigenvalue weighted by Gasteiger charge is 2.24. The topological polar surface area (TPSA) is 58.6 Å². The second-order valence-corrected chi connectivity index (χ2v) is 7.86. The van der Waals surface area contributed by atoms with E-state index < -0.39 is 0 Å². The molecule has 0 atom stereocenters. The van der Waals surface area contributed by atoms with Gasteiger partial charge in [0.2, 0.25) is 5.13 Å². The lowest BCUT2D eigenvalue weighted by Crippen LogP contribution is -2.35. The highest BCUT2D eigenvalue weighted by atomic mass is 32.1. The van der Waals surface area contributed by atoms with E-state index in [-0.39, 0.29) is 11.7 Å². The molecule has 1 amide bonds. The summed E-state index contributed by atoms with van der Waals surface area (Å²) >= 11 is 1.37. The van der Waals surface area contributed by atoms with Crippen LogP contribution in [0.2, 0.25) is 0 Å². The van der Waals surface area contributed by atoms with Gasteiger partial charge in [0.25, 0.3) is 5.91 Å². The van der Waals surface area contributed by atoms with Crippen molar-refractivity contribution in [2.24, 2.45) is 0 Å². The summed E-state index contributed by atoms with van der Waals surface area (Å²) in [4.78, 5) is 21.7. The number of rotatable bonds is 5. The van der Waals surface area contributed by atoms with E-state index in [1.165, 1.54) is 23.7 Å². The fraction of sp³-hybridized carbons (Fsp3) is 0.318. The Kier molecular flexibility index (Phi) is 6.23. The van der Waals surface area contributed by atoms with Crippen LogP contribution < -0.4 is 9.64 Å². The number of methoxy groups -OCH3 is 1. The Morgan fingerprint density at radius 3 is 2.70 bits per heavy atom. The summed E-state index contributed by atoms with van der Waals surface area (Å²) in [6, 6.07) is 13.7. The number of aromatic nitrogens is 2. The SMILES string of the molecule is COc1ccccc1C(=O)N1CCCN(c2nc(Cc3ccc(F)cc3)ns2)CC1.